The molecule has 0 aliphatic carbocycles. The Kier molecular flexibility index (Phi) is 1.48. The number of nitrogens with zero attached hydrogens (tertiary/aromatic N) is 4. The number of nitrogens with two attached hydrogens (primary N) is 1. The minimum absolute atomic E-state index is 0.112. The predicted molar refractivity (Wildman–Crippen MR) is 46.6 cm³/mol. The Morgan fingerprint density at radius 3 is 3.00 bits per heavy atom. The fraction of sp³-hybridized carbons (Fsp3) is 0.143. The van der Waals surface area contributed by atoms with Crippen LogP contribution < -0.4 is 11.2 Å². The summed E-state index contributed by atoms with van der Waals surface area (Å²) in [5.74, 6) is 0.341. The van der Waals surface area contributed by atoms with Gasteiger partial charge in [-0.3, -0.25) is 5.41 Å². The van der Waals surface area contributed by atoms with Crippen LogP contribution in [0.1, 0.15) is 0 Å². The maximum absolute atomic E-state index is 7.46. The van der Waals surface area contributed by atoms with Gasteiger partial charge >= 0.3 is 0 Å². The number of nitrogen functional groups attached to an aromatic ring is 1. The first kappa shape index (κ1) is 7.66. The third-order valence-electron chi connectivity index (χ3n) is 1.69. The van der Waals surface area contributed by atoms with Crippen molar-refractivity contribution in [1.82, 2.24) is 19.5 Å². The van der Waals surface area contributed by atoms with E-state index in [-0.39, 0.29) is 5.49 Å². The number of nitrogens with one attached hydrogen (secondary N) is 1. The summed E-state index contributed by atoms with van der Waals surface area (Å²) in [4.78, 5) is 11.9. The van der Waals surface area contributed by atoms with Crippen LogP contribution >= 0.6 is 0 Å². The first-order chi connectivity index (χ1) is 6.18. The highest BCUT2D eigenvalue weighted by Gasteiger charge is 2.01. The van der Waals surface area contributed by atoms with E-state index in [1.54, 1.807) is 11.6 Å². The van der Waals surface area contributed by atoms with E-state index in [0.717, 1.165) is 0 Å². The van der Waals surface area contributed by atoms with E-state index in [2.05, 4.69) is 15.0 Å². The van der Waals surface area contributed by atoms with Crippen molar-refractivity contribution < 1.29 is 0 Å². The fourth-order valence-corrected chi connectivity index (χ4v) is 1.07. The SMILES string of the molecule is Cn1cnc(=N)c2ncc(N)nc21. The van der Waals surface area contributed by atoms with Gasteiger partial charge in [-0.1, -0.05) is 0 Å². The van der Waals surface area contributed by atoms with E-state index >= 15 is 0 Å². The highest BCUT2D eigenvalue weighted by atomic mass is 15.1. The second kappa shape index (κ2) is 2.51. The maximum Gasteiger partial charge on any atom is 0.176 e. The number of hydrogen-bond acceptors (Lipinski definition) is 5. The number of hydrogen-bond donors (Lipinski definition) is 2. The predicted octanol–water partition coefficient (Wildman–Crippen LogP) is -0.575. The van der Waals surface area contributed by atoms with Crippen LogP contribution in [-0.4, -0.2) is 19.5 Å². The van der Waals surface area contributed by atoms with Crippen LogP contribution in [0.4, 0.5) is 5.82 Å². The van der Waals surface area contributed by atoms with Gasteiger partial charge in [0.05, 0.1) is 12.5 Å². The molecular weight excluding hydrogens is 168 g/mol. The summed E-state index contributed by atoms with van der Waals surface area (Å²) < 4.78 is 1.68. The molecule has 2 rings (SSSR count). The highest BCUT2D eigenvalue weighted by molar-refractivity contribution is 5.69. The summed E-state index contributed by atoms with van der Waals surface area (Å²) in [7, 11) is 1.78. The third-order valence-corrected chi connectivity index (χ3v) is 1.69. The van der Waals surface area contributed by atoms with Crippen molar-refractivity contribution >= 4 is 17.0 Å². The van der Waals surface area contributed by atoms with Gasteiger partial charge in [0.1, 0.15) is 5.82 Å². The lowest BCUT2D eigenvalue weighted by Crippen LogP contribution is -2.13. The molecule has 0 atom stereocenters. The minimum Gasteiger partial charge on any atom is -0.382 e. The van der Waals surface area contributed by atoms with Crippen LogP contribution in [0.15, 0.2) is 12.5 Å². The minimum atomic E-state index is 0.112. The van der Waals surface area contributed by atoms with Gasteiger partial charge in [0.2, 0.25) is 0 Å². The zero-order valence-electron chi connectivity index (χ0n) is 7.02. The van der Waals surface area contributed by atoms with Crippen molar-refractivity contribution in [2.75, 3.05) is 5.73 Å². The van der Waals surface area contributed by atoms with Gasteiger partial charge in [-0.15, -0.1) is 0 Å². The zero-order valence-corrected chi connectivity index (χ0v) is 7.02. The molecule has 2 aromatic heterocycles. The molecule has 0 saturated heterocycles. The van der Waals surface area contributed by atoms with Gasteiger partial charge in [0.25, 0.3) is 0 Å². The zero-order chi connectivity index (χ0) is 9.42. The van der Waals surface area contributed by atoms with Crippen LogP contribution in [0.3, 0.4) is 0 Å². The molecule has 0 aliphatic heterocycles. The van der Waals surface area contributed by atoms with Crippen molar-refractivity contribution in [1.29, 1.82) is 5.41 Å². The number of fused-ring (bicyclic) bond motifs is 1. The Morgan fingerprint density at radius 1 is 1.46 bits per heavy atom. The summed E-state index contributed by atoms with van der Waals surface area (Å²) in [6.45, 7) is 0. The van der Waals surface area contributed by atoms with E-state index in [0.29, 0.717) is 17.0 Å². The molecule has 0 spiro atoms. The van der Waals surface area contributed by atoms with Gasteiger partial charge in [0, 0.05) is 7.05 Å². The van der Waals surface area contributed by atoms with Crippen LogP contribution in [0.2, 0.25) is 0 Å². The molecule has 0 saturated carbocycles. The van der Waals surface area contributed by atoms with Crippen LogP contribution in [0.25, 0.3) is 11.2 Å². The van der Waals surface area contributed by atoms with Crippen molar-refractivity contribution in [3.8, 4) is 0 Å². The Morgan fingerprint density at radius 2 is 2.23 bits per heavy atom. The Bertz CT molecular complexity index is 514. The molecule has 6 nitrogen and oxygen atoms in total. The molecule has 0 fully saturated rings. The average molecular weight is 176 g/mol. The number of aryl methyl sites for hydroxylation is 1. The fourth-order valence-electron chi connectivity index (χ4n) is 1.07. The van der Waals surface area contributed by atoms with Gasteiger partial charge in [0.15, 0.2) is 16.7 Å². The molecule has 6 heteroatoms. The smallest absolute Gasteiger partial charge is 0.176 e. The molecule has 13 heavy (non-hydrogen) atoms. The summed E-state index contributed by atoms with van der Waals surface area (Å²) >= 11 is 0. The van der Waals surface area contributed by atoms with Crippen molar-refractivity contribution in [2.45, 2.75) is 0 Å². The molecule has 0 bridgehead atoms. The molecule has 2 aromatic rings. The van der Waals surface area contributed by atoms with E-state index in [9.17, 15) is 0 Å². The number of rotatable bonds is 0. The molecule has 2 heterocycles. The Balaban J connectivity index is 3.01. The summed E-state index contributed by atoms with van der Waals surface area (Å²) in [6, 6.07) is 0. The van der Waals surface area contributed by atoms with E-state index in [1.165, 1.54) is 12.5 Å². The molecule has 0 unspecified atom stereocenters. The Labute approximate surface area is 73.6 Å². The Hall–Kier alpha value is -1.98. The first-order valence-electron chi connectivity index (χ1n) is 3.67. The molecule has 0 amide bonds. The largest absolute Gasteiger partial charge is 0.382 e. The lowest BCUT2D eigenvalue weighted by Gasteiger charge is -2.02. The molecular formula is C7H8N6. The van der Waals surface area contributed by atoms with Crippen LogP contribution in [-0.2, 0) is 7.05 Å². The van der Waals surface area contributed by atoms with Gasteiger partial charge in [-0.2, -0.15) is 0 Å². The van der Waals surface area contributed by atoms with Crippen molar-refractivity contribution in [3.05, 3.63) is 18.0 Å². The standard InChI is InChI=1S/C7H8N6/c1-13-3-11-6(9)5-7(13)12-4(8)2-10-5/h2-3,9H,1H3,(H2,8,12). The monoisotopic (exact) mass is 176 g/mol. The quantitative estimate of drug-likeness (QED) is 0.561. The maximum atomic E-state index is 7.46. The lowest BCUT2D eigenvalue weighted by molar-refractivity contribution is 0.865. The molecule has 0 aliphatic rings. The topological polar surface area (TPSA) is 93.5 Å². The highest BCUT2D eigenvalue weighted by Crippen LogP contribution is 2.03. The van der Waals surface area contributed by atoms with Gasteiger partial charge < -0.3 is 10.3 Å². The van der Waals surface area contributed by atoms with E-state index in [4.69, 9.17) is 11.1 Å². The molecule has 3 N–H and O–H groups in total. The molecule has 0 radical (unpaired) electrons. The first-order valence-corrected chi connectivity index (χ1v) is 3.67. The molecule has 66 valence electrons. The summed E-state index contributed by atoms with van der Waals surface area (Å²) in [5, 5.41) is 7.46. The second-order valence-electron chi connectivity index (χ2n) is 2.67. The number of anilines is 1. The third kappa shape index (κ3) is 1.12. The van der Waals surface area contributed by atoms with Gasteiger partial charge in [-0.25, -0.2) is 15.0 Å². The normalized spacial score (nSPS) is 10.5. The van der Waals surface area contributed by atoms with Crippen molar-refractivity contribution in [3.63, 3.8) is 0 Å². The average Bonchev–Trinajstić information content (AvgIpc) is 2.12. The molecule has 0 aromatic carbocycles. The van der Waals surface area contributed by atoms with Gasteiger partial charge in [-0.05, 0) is 0 Å². The lowest BCUT2D eigenvalue weighted by atomic mass is 10.5. The van der Waals surface area contributed by atoms with Crippen molar-refractivity contribution in [2.24, 2.45) is 7.05 Å². The second-order valence-corrected chi connectivity index (χ2v) is 2.67. The van der Waals surface area contributed by atoms with E-state index in [1.807, 2.05) is 0 Å². The summed E-state index contributed by atoms with van der Waals surface area (Å²) in [6.07, 6.45) is 2.93. The summed E-state index contributed by atoms with van der Waals surface area (Å²) in [5.41, 5.74) is 6.61. The van der Waals surface area contributed by atoms with Crippen LogP contribution in [0, 0.1) is 5.41 Å². The van der Waals surface area contributed by atoms with E-state index < -0.39 is 0 Å². The van der Waals surface area contributed by atoms with Crippen LogP contribution in [0.5, 0.6) is 0 Å². The number of aromatic nitrogens is 4.